The Morgan fingerprint density at radius 2 is 2.08 bits per heavy atom. The Hall–Kier alpha value is -1.59. The molecule has 0 radical (unpaired) electrons. The van der Waals surface area contributed by atoms with Gasteiger partial charge in [-0.25, -0.2) is 0 Å². The first kappa shape index (κ1) is 18.2. The zero-order valence-electron chi connectivity index (χ0n) is 14.5. The molecular weight excluding hydrogens is 340 g/mol. The van der Waals surface area contributed by atoms with Crippen molar-refractivity contribution in [3.05, 3.63) is 34.9 Å². The van der Waals surface area contributed by atoms with E-state index in [9.17, 15) is 9.59 Å². The maximum absolute atomic E-state index is 12.5. The van der Waals surface area contributed by atoms with Crippen LogP contribution in [0.5, 0.6) is 0 Å². The van der Waals surface area contributed by atoms with Gasteiger partial charge in [0.15, 0.2) is 0 Å². The fourth-order valence-electron chi connectivity index (χ4n) is 3.47. The van der Waals surface area contributed by atoms with Crippen LogP contribution in [0, 0.1) is 0 Å². The minimum Gasteiger partial charge on any atom is -0.374 e. The molecule has 0 N–H and O–H groups in total. The summed E-state index contributed by atoms with van der Waals surface area (Å²) in [6, 6.07) is 7.74. The third-order valence-electron chi connectivity index (χ3n) is 4.91. The van der Waals surface area contributed by atoms with Crippen LogP contribution in [0.25, 0.3) is 0 Å². The van der Waals surface area contributed by atoms with Gasteiger partial charge in [-0.15, -0.1) is 0 Å². The van der Waals surface area contributed by atoms with Crippen LogP contribution < -0.4 is 0 Å². The van der Waals surface area contributed by atoms with E-state index < -0.39 is 0 Å². The lowest BCUT2D eigenvalue weighted by Crippen LogP contribution is -2.47. The van der Waals surface area contributed by atoms with Gasteiger partial charge >= 0.3 is 0 Å². The van der Waals surface area contributed by atoms with Gasteiger partial charge in [0.1, 0.15) is 0 Å². The van der Waals surface area contributed by atoms with Crippen molar-refractivity contribution >= 4 is 23.4 Å². The third-order valence-corrected chi connectivity index (χ3v) is 5.28. The van der Waals surface area contributed by atoms with Crippen molar-refractivity contribution in [2.24, 2.45) is 0 Å². The van der Waals surface area contributed by atoms with E-state index in [0.29, 0.717) is 45.5 Å². The predicted octanol–water partition coefficient (Wildman–Crippen LogP) is 2.51. The van der Waals surface area contributed by atoms with Gasteiger partial charge < -0.3 is 14.5 Å². The number of rotatable bonds is 5. The van der Waals surface area contributed by atoms with Gasteiger partial charge in [-0.1, -0.05) is 29.8 Å². The molecule has 2 aliphatic heterocycles. The highest BCUT2D eigenvalue weighted by molar-refractivity contribution is 6.31. The average molecular weight is 365 g/mol. The summed E-state index contributed by atoms with van der Waals surface area (Å²) in [4.78, 5) is 28.0. The molecule has 6 heteroatoms. The number of hydrogen-bond acceptors (Lipinski definition) is 3. The number of halogens is 1. The van der Waals surface area contributed by atoms with Crippen molar-refractivity contribution in [1.29, 1.82) is 0 Å². The molecule has 1 aromatic carbocycles. The highest BCUT2D eigenvalue weighted by Gasteiger charge is 2.26. The zero-order chi connectivity index (χ0) is 17.6. The Morgan fingerprint density at radius 1 is 1.24 bits per heavy atom. The van der Waals surface area contributed by atoms with E-state index in [0.717, 1.165) is 30.0 Å². The lowest BCUT2D eigenvalue weighted by atomic mass is 10.1. The van der Waals surface area contributed by atoms with E-state index in [1.54, 1.807) is 0 Å². The topological polar surface area (TPSA) is 49.9 Å². The molecule has 1 atom stereocenters. The summed E-state index contributed by atoms with van der Waals surface area (Å²) in [7, 11) is 0. The van der Waals surface area contributed by atoms with Crippen LogP contribution in [-0.4, -0.2) is 60.5 Å². The monoisotopic (exact) mass is 364 g/mol. The standard InChI is InChI=1S/C19H25ClN2O3/c20-17-6-2-1-5-15(17)13-16-14-22(11-12-25-16)19(24)8-10-21-9-4-3-7-18(21)23/h1-2,5-6,16H,3-4,7-14H2. The SMILES string of the molecule is O=C1CCCCN1CCC(=O)N1CCOC(Cc2ccccc2Cl)C1. The Morgan fingerprint density at radius 3 is 2.88 bits per heavy atom. The molecule has 0 saturated carbocycles. The van der Waals surface area contributed by atoms with Crippen molar-refractivity contribution in [1.82, 2.24) is 9.80 Å². The number of likely N-dealkylation sites (tertiary alicyclic amines) is 1. The van der Waals surface area contributed by atoms with Gasteiger partial charge in [0.2, 0.25) is 11.8 Å². The van der Waals surface area contributed by atoms with Crippen molar-refractivity contribution in [3.8, 4) is 0 Å². The number of nitrogens with zero attached hydrogens (tertiary/aromatic N) is 2. The predicted molar refractivity (Wildman–Crippen MR) is 96.5 cm³/mol. The lowest BCUT2D eigenvalue weighted by molar-refractivity contribution is -0.140. The van der Waals surface area contributed by atoms with E-state index >= 15 is 0 Å². The molecule has 2 heterocycles. The minimum atomic E-state index is -0.0331. The van der Waals surface area contributed by atoms with E-state index in [-0.39, 0.29) is 17.9 Å². The summed E-state index contributed by atoms with van der Waals surface area (Å²) in [6.07, 6.45) is 3.69. The number of carbonyl (C=O) groups excluding carboxylic acids is 2. The number of morpholine rings is 1. The summed E-state index contributed by atoms with van der Waals surface area (Å²) >= 11 is 6.22. The summed E-state index contributed by atoms with van der Waals surface area (Å²) < 4.78 is 5.81. The number of hydrogen-bond donors (Lipinski definition) is 0. The van der Waals surface area contributed by atoms with E-state index in [2.05, 4.69) is 0 Å². The number of carbonyl (C=O) groups is 2. The molecule has 0 spiro atoms. The van der Waals surface area contributed by atoms with Crippen LogP contribution in [0.3, 0.4) is 0 Å². The first-order valence-electron chi connectivity index (χ1n) is 9.04. The molecule has 25 heavy (non-hydrogen) atoms. The van der Waals surface area contributed by atoms with Crippen LogP contribution in [0.15, 0.2) is 24.3 Å². The van der Waals surface area contributed by atoms with Gasteiger partial charge in [0.25, 0.3) is 0 Å². The third kappa shape index (κ3) is 4.95. The van der Waals surface area contributed by atoms with Gasteiger partial charge in [0, 0.05) is 50.5 Å². The van der Waals surface area contributed by atoms with Crippen LogP contribution in [0.2, 0.25) is 5.02 Å². The molecule has 2 amide bonds. The Balaban J connectivity index is 1.49. The number of amides is 2. The molecule has 1 aromatic rings. The largest absolute Gasteiger partial charge is 0.374 e. The van der Waals surface area contributed by atoms with Crippen LogP contribution in [0.1, 0.15) is 31.2 Å². The maximum atomic E-state index is 12.5. The summed E-state index contributed by atoms with van der Waals surface area (Å²) in [5.74, 6) is 0.281. The molecule has 136 valence electrons. The Bertz CT molecular complexity index is 622. The second kappa shape index (κ2) is 8.68. The second-order valence-corrected chi connectivity index (χ2v) is 7.12. The Labute approximate surface area is 153 Å². The summed E-state index contributed by atoms with van der Waals surface area (Å²) in [6.45, 7) is 3.06. The fraction of sp³-hybridized carbons (Fsp3) is 0.579. The molecule has 1 unspecified atom stereocenters. The number of benzene rings is 1. The van der Waals surface area contributed by atoms with Crippen molar-refractivity contribution in [2.45, 2.75) is 38.2 Å². The highest BCUT2D eigenvalue weighted by atomic mass is 35.5. The number of piperidine rings is 1. The summed E-state index contributed by atoms with van der Waals surface area (Å²) in [5, 5.41) is 0.734. The minimum absolute atomic E-state index is 0.0331. The van der Waals surface area contributed by atoms with Crippen LogP contribution in [0.4, 0.5) is 0 Å². The van der Waals surface area contributed by atoms with E-state index in [4.69, 9.17) is 16.3 Å². The second-order valence-electron chi connectivity index (χ2n) is 6.72. The maximum Gasteiger partial charge on any atom is 0.224 e. The summed E-state index contributed by atoms with van der Waals surface area (Å²) in [5.41, 5.74) is 1.04. The highest BCUT2D eigenvalue weighted by Crippen LogP contribution is 2.20. The molecule has 5 nitrogen and oxygen atoms in total. The first-order chi connectivity index (χ1) is 12.1. The first-order valence-corrected chi connectivity index (χ1v) is 9.42. The smallest absolute Gasteiger partial charge is 0.224 e. The van der Waals surface area contributed by atoms with Crippen molar-refractivity contribution < 1.29 is 14.3 Å². The molecule has 0 aliphatic carbocycles. The zero-order valence-corrected chi connectivity index (χ0v) is 15.2. The normalized spacial score (nSPS) is 21.5. The molecule has 0 bridgehead atoms. The van der Waals surface area contributed by atoms with Crippen molar-refractivity contribution in [2.75, 3.05) is 32.8 Å². The average Bonchev–Trinajstić information content (AvgIpc) is 2.63. The van der Waals surface area contributed by atoms with E-state index in [1.165, 1.54) is 0 Å². The van der Waals surface area contributed by atoms with Gasteiger partial charge in [-0.2, -0.15) is 0 Å². The van der Waals surface area contributed by atoms with Gasteiger partial charge in [-0.05, 0) is 24.5 Å². The van der Waals surface area contributed by atoms with E-state index in [1.807, 2.05) is 34.1 Å². The fourth-order valence-corrected chi connectivity index (χ4v) is 3.68. The molecule has 2 fully saturated rings. The molecule has 0 aromatic heterocycles. The lowest BCUT2D eigenvalue weighted by Gasteiger charge is -2.34. The molecule has 2 saturated heterocycles. The van der Waals surface area contributed by atoms with Gasteiger partial charge in [0.05, 0.1) is 12.7 Å². The van der Waals surface area contributed by atoms with Gasteiger partial charge in [-0.3, -0.25) is 9.59 Å². The van der Waals surface area contributed by atoms with Crippen LogP contribution in [-0.2, 0) is 20.7 Å². The molecular formula is C19H25ClN2O3. The quantitative estimate of drug-likeness (QED) is 0.806. The Kier molecular flexibility index (Phi) is 6.32. The van der Waals surface area contributed by atoms with Crippen molar-refractivity contribution in [3.63, 3.8) is 0 Å². The van der Waals surface area contributed by atoms with Crippen LogP contribution >= 0.6 is 11.6 Å². The molecule has 3 rings (SSSR count). The number of ether oxygens (including phenoxy) is 1. The molecule has 2 aliphatic rings.